The molecule has 1 atom stereocenters. The van der Waals surface area contributed by atoms with Gasteiger partial charge in [-0.1, -0.05) is 0 Å². The zero-order chi connectivity index (χ0) is 14.4. The van der Waals surface area contributed by atoms with Crippen molar-refractivity contribution in [3.05, 3.63) is 29.8 Å². The molecule has 1 fully saturated rings. The van der Waals surface area contributed by atoms with Gasteiger partial charge in [-0.3, -0.25) is 0 Å². The summed E-state index contributed by atoms with van der Waals surface area (Å²) in [6, 6.07) is 8.09. The van der Waals surface area contributed by atoms with E-state index >= 15 is 0 Å². The van der Waals surface area contributed by atoms with Crippen molar-refractivity contribution in [2.24, 2.45) is 0 Å². The summed E-state index contributed by atoms with van der Waals surface area (Å²) in [5.74, 6) is -0.254. The second-order valence-corrected chi connectivity index (χ2v) is 5.37. The highest BCUT2D eigenvalue weighted by atomic mass is 16.5. The predicted molar refractivity (Wildman–Crippen MR) is 81.2 cm³/mol. The number of anilines is 1. The molecule has 2 rings (SSSR count). The highest BCUT2D eigenvalue weighted by Crippen LogP contribution is 2.17. The second kappa shape index (κ2) is 7.29. The molecule has 110 valence electrons. The number of hydrogen-bond donors (Lipinski definition) is 1. The molecule has 20 heavy (non-hydrogen) atoms. The van der Waals surface area contributed by atoms with Crippen LogP contribution in [-0.4, -0.2) is 43.7 Å². The molecule has 0 saturated carbocycles. The van der Waals surface area contributed by atoms with Gasteiger partial charge in [0, 0.05) is 11.7 Å². The molecule has 1 aliphatic heterocycles. The van der Waals surface area contributed by atoms with E-state index in [0.717, 1.165) is 18.7 Å². The monoisotopic (exact) mass is 276 g/mol. The van der Waals surface area contributed by atoms with E-state index in [2.05, 4.69) is 17.3 Å². The molecule has 1 N–H and O–H groups in total. The maximum atomic E-state index is 11.6. The molecule has 0 spiro atoms. The number of hydrogen-bond acceptors (Lipinski definition) is 4. The normalized spacial score (nSPS) is 20.2. The van der Waals surface area contributed by atoms with Crippen LogP contribution in [0.1, 0.15) is 36.5 Å². The third-order valence-corrected chi connectivity index (χ3v) is 3.72. The maximum Gasteiger partial charge on any atom is 0.338 e. The van der Waals surface area contributed by atoms with E-state index in [-0.39, 0.29) is 5.97 Å². The Kier molecular flexibility index (Phi) is 5.41. The summed E-state index contributed by atoms with van der Waals surface area (Å²) in [6.07, 6.45) is 3.59. The van der Waals surface area contributed by atoms with Crippen molar-refractivity contribution in [3.8, 4) is 0 Å². The molecule has 4 nitrogen and oxygen atoms in total. The van der Waals surface area contributed by atoms with Crippen molar-refractivity contribution in [3.63, 3.8) is 0 Å². The number of rotatable bonds is 4. The lowest BCUT2D eigenvalue weighted by atomic mass is 10.1. The van der Waals surface area contributed by atoms with Crippen molar-refractivity contribution < 1.29 is 9.53 Å². The van der Waals surface area contributed by atoms with Gasteiger partial charge in [0.1, 0.15) is 0 Å². The molecule has 1 saturated heterocycles. The van der Waals surface area contributed by atoms with Gasteiger partial charge in [-0.2, -0.15) is 0 Å². The van der Waals surface area contributed by atoms with Gasteiger partial charge in [-0.15, -0.1) is 0 Å². The van der Waals surface area contributed by atoms with Crippen LogP contribution in [-0.2, 0) is 4.74 Å². The first-order valence-electron chi connectivity index (χ1n) is 7.41. The average molecular weight is 276 g/mol. The van der Waals surface area contributed by atoms with Crippen LogP contribution in [0.4, 0.5) is 5.69 Å². The molecular formula is C16H24N2O2. The number of carbonyl (C=O) groups excluding carboxylic acids is 1. The molecule has 1 aromatic rings. The third-order valence-electron chi connectivity index (χ3n) is 3.72. The number of esters is 1. The SMILES string of the molecule is CCOC(=O)c1ccc(NC2CCCN(C)CC2)cc1. The quantitative estimate of drug-likeness (QED) is 0.859. The van der Waals surface area contributed by atoms with E-state index in [4.69, 9.17) is 4.74 Å². The minimum atomic E-state index is -0.254. The van der Waals surface area contributed by atoms with Gasteiger partial charge >= 0.3 is 5.97 Å². The Morgan fingerprint density at radius 2 is 2.05 bits per heavy atom. The standard InChI is InChI=1S/C16H24N2O2/c1-3-20-16(19)13-6-8-15(9-7-13)17-14-5-4-11-18(2)12-10-14/h6-9,14,17H,3-5,10-12H2,1-2H3. The van der Waals surface area contributed by atoms with Gasteiger partial charge < -0.3 is 15.0 Å². The number of nitrogens with one attached hydrogen (secondary N) is 1. The van der Waals surface area contributed by atoms with Crippen LogP contribution in [0.2, 0.25) is 0 Å². The Labute approximate surface area is 121 Å². The van der Waals surface area contributed by atoms with Crippen LogP contribution in [0.25, 0.3) is 0 Å². The maximum absolute atomic E-state index is 11.6. The van der Waals surface area contributed by atoms with Crippen LogP contribution in [0.5, 0.6) is 0 Å². The number of likely N-dealkylation sites (tertiary alicyclic amines) is 1. The van der Waals surface area contributed by atoms with E-state index < -0.39 is 0 Å². The Hall–Kier alpha value is -1.55. The topological polar surface area (TPSA) is 41.6 Å². The first kappa shape index (κ1) is 14.9. The first-order chi connectivity index (χ1) is 9.69. The van der Waals surface area contributed by atoms with Gasteiger partial charge in [0.2, 0.25) is 0 Å². The van der Waals surface area contributed by atoms with Gasteiger partial charge in [-0.05, 0) is 70.6 Å². The molecule has 0 aliphatic carbocycles. The lowest BCUT2D eigenvalue weighted by molar-refractivity contribution is 0.0526. The molecule has 1 aliphatic rings. The van der Waals surface area contributed by atoms with E-state index in [1.165, 1.54) is 19.4 Å². The zero-order valence-electron chi connectivity index (χ0n) is 12.4. The number of benzene rings is 1. The largest absolute Gasteiger partial charge is 0.462 e. The number of carbonyl (C=O) groups is 1. The summed E-state index contributed by atoms with van der Waals surface area (Å²) < 4.78 is 4.98. The molecule has 0 amide bonds. The number of ether oxygens (including phenoxy) is 1. The van der Waals surface area contributed by atoms with Gasteiger partial charge in [-0.25, -0.2) is 4.79 Å². The molecule has 1 unspecified atom stereocenters. The zero-order valence-corrected chi connectivity index (χ0v) is 12.4. The second-order valence-electron chi connectivity index (χ2n) is 5.37. The molecule has 1 heterocycles. The van der Waals surface area contributed by atoms with Gasteiger partial charge in [0.25, 0.3) is 0 Å². The summed E-state index contributed by atoms with van der Waals surface area (Å²) in [5, 5.41) is 3.56. The van der Waals surface area contributed by atoms with Crippen LogP contribution < -0.4 is 5.32 Å². The molecular weight excluding hydrogens is 252 g/mol. The summed E-state index contributed by atoms with van der Waals surface area (Å²) >= 11 is 0. The highest BCUT2D eigenvalue weighted by Gasteiger charge is 2.14. The van der Waals surface area contributed by atoms with Crippen LogP contribution >= 0.6 is 0 Å². The molecule has 1 aromatic carbocycles. The number of nitrogens with zero attached hydrogens (tertiary/aromatic N) is 1. The molecule has 0 aromatic heterocycles. The van der Waals surface area contributed by atoms with Gasteiger partial charge in [0.15, 0.2) is 0 Å². The van der Waals surface area contributed by atoms with Crippen LogP contribution in [0.3, 0.4) is 0 Å². The third kappa shape index (κ3) is 4.23. The summed E-state index contributed by atoms with van der Waals surface area (Å²) in [6.45, 7) is 4.55. The summed E-state index contributed by atoms with van der Waals surface area (Å²) in [4.78, 5) is 14.0. The minimum Gasteiger partial charge on any atom is -0.462 e. The first-order valence-corrected chi connectivity index (χ1v) is 7.41. The fraction of sp³-hybridized carbons (Fsp3) is 0.562. The van der Waals surface area contributed by atoms with Crippen molar-refractivity contribution in [2.75, 3.05) is 32.1 Å². The van der Waals surface area contributed by atoms with Gasteiger partial charge in [0.05, 0.1) is 12.2 Å². The Morgan fingerprint density at radius 3 is 2.75 bits per heavy atom. The Balaban J connectivity index is 1.91. The Bertz CT molecular complexity index is 431. The lowest BCUT2D eigenvalue weighted by Crippen LogP contribution is -2.23. The summed E-state index contributed by atoms with van der Waals surface area (Å²) in [7, 11) is 2.18. The van der Waals surface area contributed by atoms with E-state index in [0.29, 0.717) is 18.2 Å². The van der Waals surface area contributed by atoms with E-state index in [1.807, 2.05) is 31.2 Å². The highest BCUT2D eigenvalue weighted by molar-refractivity contribution is 5.89. The lowest BCUT2D eigenvalue weighted by Gasteiger charge is -2.18. The van der Waals surface area contributed by atoms with Crippen LogP contribution in [0, 0.1) is 0 Å². The average Bonchev–Trinajstić information content (AvgIpc) is 2.65. The van der Waals surface area contributed by atoms with Crippen molar-refractivity contribution in [1.82, 2.24) is 4.90 Å². The van der Waals surface area contributed by atoms with Crippen molar-refractivity contribution in [2.45, 2.75) is 32.2 Å². The smallest absolute Gasteiger partial charge is 0.338 e. The van der Waals surface area contributed by atoms with Crippen molar-refractivity contribution >= 4 is 11.7 Å². The van der Waals surface area contributed by atoms with Crippen molar-refractivity contribution in [1.29, 1.82) is 0 Å². The molecule has 0 bridgehead atoms. The van der Waals surface area contributed by atoms with E-state index in [1.54, 1.807) is 0 Å². The van der Waals surface area contributed by atoms with E-state index in [9.17, 15) is 4.79 Å². The minimum absolute atomic E-state index is 0.254. The Morgan fingerprint density at radius 1 is 1.30 bits per heavy atom. The molecule has 0 radical (unpaired) electrons. The fourth-order valence-electron chi connectivity index (χ4n) is 2.54. The van der Waals surface area contributed by atoms with Crippen LogP contribution in [0.15, 0.2) is 24.3 Å². The molecule has 4 heteroatoms. The summed E-state index contributed by atoms with van der Waals surface area (Å²) in [5.41, 5.74) is 1.69. The predicted octanol–water partition coefficient (Wildman–Crippen LogP) is 2.76. The fourth-order valence-corrected chi connectivity index (χ4v) is 2.54.